The summed E-state index contributed by atoms with van der Waals surface area (Å²) in [6.45, 7) is 29.8. The molecule has 11 amide bonds. The number of hydrogen-bond donors (Lipinski definition) is 7. The Morgan fingerprint density at radius 3 is 1.40 bits per heavy atom. The van der Waals surface area contributed by atoms with E-state index < -0.39 is 155 Å². The van der Waals surface area contributed by atoms with Crippen molar-refractivity contribution in [1.82, 2.24) is 56.0 Å². The fourth-order valence-electron chi connectivity index (χ4n) is 10.8. The molecule has 88 heavy (non-hydrogen) atoms. The number of rotatable bonds is 18. The normalized spacial score (nSPS) is 27.1. The van der Waals surface area contributed by atoms with Crippen LogP contribution in [0.3, 0.4) is 0 Å². The van der Waals surface area contributed by atoms with Crippen LogP contribution in [0.1, 0.15) is 156 Å². The molecule has 24 nitrogen and oxygen atoms in total. The zero-order chi connectivity index (χ0) is 68.1. The van der Waals surface area contributed by atoms with E-state index in [9.17, 15) is 43.5 Å². The third-order valence-corrected chi connectivity index (χ3v) is 17.4. The molecule has 0 radical (unpaired) electrons. The number of thioether (sulfide) groups is 1. The molecule has 0 saturated carbocycles. The molecule has 0 unspecified atom stereocenters. The second kappa shape index (κ2) is 37.4. The Bertz CT molecular complexity index is 2390. The molecule has 0 spiro atoms. The van der Waals surface area contributed by atoms with Gasteiger partial charge in [-0.3, -0.25) is 52.7 Å². The van der Waals surface area contributed by atoms with Crippen molar-refractivity contribution in [3.05, 3.63) is 12.2 Å². The largest absolute Gasteiger partial charge is 0.390 e. The third-order valence-electron chi connectivity index (χ3n) is 16.1. The van der Waals surface area contributed by atoms with Crippen LogP contribution < -0.4 is 32.3 Å². The third kappa shape index (κ3) is 22.9. The van der Waals surface area contributed by atoms with Gasteiger partial charge in [0.25, 0.3) is 5.91 Å². The van der Waals surface area contributed by atoms with E-state index in [1.807, 2.05) is 55.4 Å². The smallest absolute Gasteiger partial charge is 0.256 e. The first-order chi connectivity index (χ1) is 40.7. The average Bonchev–Trinajstić information content (AvgIpc) is 2.07. The molecule has 8 N–H and O–H groups in total. The number of likely N-dealkylation sites (N-methyl/N-ethyl adjacent to an activating group) is 6. The number of hydrogen-bond acceptors (Lipinski definition) is 14. The predicted octanol–water partition coefficient (Wildman–Crippen LogP) is 2.94. The molecule has 1 rings (SSSR count). The molecular formula is C63H114N12O12S. The highest BCUT2D eigenvalue weighted by atomic mass is 32.2. The SMILES string of the molecule is C/C=C/C[C@@H](C)[C@@H](O)[C@H]1C(=O)N[C@@H](CC)C(=O)N(C)[C@H](SCCN)C(=O)N(C)[C@@H](CC(C)C)C(=O)N[C@@H](C(C)C)C(=O)N[C@@H](CC(C)C)C(=O)N[C@@H](C)C(=O)N[C@H](C)C(=O)N(C)[C@@H](CC(C)C)C(=O)N(C)[C@@H](CC(C)C)C(=O)N(C)[C@@H](C(C)C)C(=O)N1C. The molecule has 0 aromatic heterocycles. The van der Waals surface area contributed by atoms with Gasteiger partial charge in [-0.25, -0.2) is 0 Å². The summed E-state index contributed by atoms with van der Waals surface area (Å²) in [4.78, 5) is 169. The van der Waals surface area contributed by atoms with E-state index in [4.69, 9.17) is 5.73 Å². The molecule has 504 valence electrons. The van der Waals surface area contributed by atoms with E-state index in [0.29, 0.717) is 6.42 Å². The molecule has 1 aliphatic rings. The predicted molar refractivity (Wildman–Crippen MR) is 344 cm³/mol. The minimum Gasteiger partial charge on any atom is -0.390 e. The van der Waals surface area contributed by atoms with Crippen LogP contribution in [0.5, 0.6) is 0 Å². The highest BCUT2D eigenvalue weighted by Gasteiger charge is 2.46. The van der Waals surface area contributed by atoms with Crippen molar-refractivity contribution in [2.45, 2.75) is 228 Å². The fourth-order valence-corrected chi connectivity index (χ4v) is 11.8. The van der Waals surface area contributed by atoms with Gasteiger partial charge in [-0.05, 0) is 101 Å². The van der Waals surface area contributed by atoms with Gasteiger partial charge in [0.15, 0.2) is 5.37 Å². The number of nitrogens with two attached hydrogens (primary N) is 1. The minimum atomic E-state index is -1.64. The van der Waals surface area contributed by atoms with Gasteiger partial charge in [-0.15, -0.1) is 11.8 Å². The first-order valence-corrected chi connectivity index (χ1v) is 32.5. The minimum absolute atomic E-state index is 0.0110. The quantitative estimate of drug-likeness (QED) is 0.0972. The van der Waals surface area contributed by atoms with E-state index in [1.165, 1.54) is 80.6 Å². The highest BCUT2D eigenvalue weighted by Crippen LogP contribution is 2.27. The second-order valence-electron chi connectivity index (χ2n) is 26.4. The van der Waals surface area contributed by atoms with Crippen LogP contribution in [0.4, 0.5) is 0 Å². The topological polar surface area (TPSA) is 314 Å². The van der Waals surface area contributed by atoms with E-state index in [-0.39, 0.29) is 68.1 Å². The van der Waals surface area contributed by atoms with Gasteiger partial charge in [-0.2, -0.15) is 0 Å². The lowest BCUT2D eigenvalue weighted by molar-refractivity contribution is -0.157. The maximum Gasteiger partial charge on any atom is 0.256 e. The molecule has 0 bridgehead atoms. The van der Waals surface area contributed by atoms with Gasteiger partial charge in [0.05, 0.1) is 6.10 Å². The van der Waals surface area contributed by atoms with E-state index in [2.05, 4.69) is 26.6 Å². The summed E-state index contributed by atoms with van der Waals surface area (Å²) in [6, 6.07) is -12.6. The Morgan fingerprint density at radius 2 is 0.932 bits per heavy atom. The van der Waals surface area contributed by atoms with E-state index in [1.54, 1.807) is 60.6 Å². The van der Waals surface area contributed by atoms with Gasteiger partial charge in [0.2, 0.25) is 59.1 Å². The van der Waals surface area contributed by atoms with Crippen molar-refractivity contribution >= 4 is 76.7 Å². The van der Waals surface area contributed by atoms with Crippen LogP contribution in [0.2, 0.25) is 0 Å². The first kappa shape index (κ1) is 80.2. The van der Waals surface area contributed by atoms with Crippen molar-refractivity contribution in [3.63, 3.8) is 0 Å². The van der Waals surface area contributed by atoms with Crippen LogP contribution in [0.15, 0.2) is 12.2 Å². The summed E-state index contributed by atoms with van der Waals surface area (Å²) in [5.41, 5.74) is 5.98. The van der Waals surface area contributed by atoms with Crippen LogP contribution in [0.25, 0.3) is 0 Å². The number of nitrogens with zero attached hydrogens (tertiary/aromatic N) is 6. The summed E-state index contributed by atoms with van der Waals surface area (Å²) < 4.78 is 0. The Hall–Kier alpha value is -5.82. The van der Waals surface area contributed by atoms with Crippen LogP contribution in [-0.4, -0.2) is 226 Å². The van der Waals surface area contributed by atoms with Gasteiger partial charge in [-0.1, -0.05) is 109 Å². The standard InChI is InChI=1S/C63H114N12O12S/c1-24-26-27-40(15)51(76)50-56(81)67-43(25-2)58(83)75(23)63(88-29-28-64)62(87)70(18)45(31-35(5)6)54(79)69-48(38(11)12)55(80)68-44(30-34(3)4)53(78)65-41(16)52(77)66-42(17)57(82)71(19)46(32-36(7)8)59(84)72(20)47(33-37(9)10)60(85)73(21)49(39(13)14)61(86)74(50)22/h24,26,34-51,63,76H,25,27-33,64H2,1-23H3,(H,65,78)(H,66,77)(H,67,81)(H,68,80)(H,69,79)/b26-24+/t40-,41+,42-,43+,44+,45+,46+,47+,48+,49+,50+,51-,63-/m1/s1. The number of nitrogens with one attached hydrogen (secondary N) is 5. The lowest BCUT2D eigenvalue weighted by atomic mass is 9.91. The van der Waals surface area contributed by atoms with Crippen LogP contribution >= 0.6 is 11.8 Å². The Kier molecular flexibility index (Phi) is 34.1. The average molecular weight is 1260 g/mol. The lowest BCUT2D eigenvalue weighted by Gasteiger charge is -2.41. The number of carbonyl (C=O) groups is 11. The number of amides is 11. The number of carbonyl (C=O) groups excluding carboxylic acids is 11. The monoisotopic (exact) mass is 1260 g/mol. The van der Waals surface area contributed by atoms with Gasteiger partial charge < -0.3 is 66.8 Å². The maximum atomic E-state index is 15.2. The Morgan fingerprint density at radius 1 is 0.477 bits per heavy atom. The highest BCUT2D eigenvalue weighted by molar-refractivity contribution is 8.00. The zero-order valence-corrected chi connectivity index (χ0v) is 58.2. The summed E-state index contributed by atoms with van der Waals surface area (Å²) in [5.74, 6) is -9.95. The van der Waals surface area contributed by atoms with Gasteiger partial charge in [0, 0.05) is 54.6 Å². The van der Waals surface area contributed by atoms with E-state index in [0.717, 1.165) is 16.7 Å². The molecule has 1 heterocycles. The zero-order valence-electron chi connectivity index (χ0n) is 57.4. The molecular weight excluding hydrogens is 1150 g/mol. The van der Waals surface area contributed by atoms with Crippen molar-refractivity contribution in [2.24, 2.45) is 47.2 Å². The summed E-state index contributed by atoms with van der Waals surface area (Å²) in [6.07, 6.45) is 2.88. The molecule has 0 aromatic rings. The number of allylic oxidation sites excluding steroid dienone is 2. The fraction of sp³-hybridized carbons (Fsp3) is 0.794. The molecule has 1 saturated heterocycles. The molecule has 0 aliphatic carbocycles. The van der Waals surface area contributed by atoms with Crippen molar-refractivity contribution in [1.29, 1.82) is 0 Å². The number of aliphatic hydroxyl groups is 1. The van der Waals surface area contributed by atoms with Gasteiger partial charge in [0.1, 0.15) is 60.4 Å². The lowest BCUT2D eigenvalue weighted by Crippen LogP contribution is -2.64. The van der Waals surface area contributed by atoms with Crippen molar-refractivity contribution in [3.8, 4) is 0 Å². The summed E-state index contributed by atoms with van der Waals surface area (Å²) in [7, 11) is 8.49. The molecule has 1 fully saturated rings. The van der Waals surface area contributed by atoms with Crippen molar-refractivity contribution in [2.75, 3.05) is 54.6 Å². The molecule has 25 heteroatoms. The second-order valence-corrected chi connectivity index (χ2v) is 27.6. The Labute approximate surface area is 530 Å². The van der Waals surface area contributed by atoms with E-state index >= 15 is 14.4 Å². The van der Waals surface area contributed by atoms with Crippen LogP contribution in [-0.2, 0) is 52.7 Å². The first-order valence-electron chi connectivity index (χ1n) is 31.5. The maximum absolute atomic E-state index is 15.2. The van der Waals surface area contributed by atoms with Crippen molar-refractivity contribution < 1.29 is 57.8 Å². The molecule has 13 atom stereocenters. The van der Waals surface area contributed by atoms with Crippen LogP contribution in [0, 0.1) is 41.4 Å². The Balaban J connectivity index is 4.43. The summed E-state index contributed by atoms with van der Waals surface area (Å²) in [5, 5.41) is 24.6. The summed E-state index contributed by atoms with van der Waals surface area (Å²) >= 11 is 1.04. The molecule has 1 aliphatic heterocycles. The molecule has 0 aromatic carbocycles. The van der Waals surface area contributed by atoms with Gasteiger partial charge >= 0.3 is 0 Å². The number of aliphatic hydroxyl groups excluding tert-OH is 1.